The number of unbranched alkanes of at least 4 members (excludes halogenated alkanes) is 2. The van der Waals surface area contributed by atoms with Crippen molar-refractivity contribution in [2.24, 2.45) is 0 Å². The van der Waals surface area contributed by atoms with Crippen molar-refractivity contribution in [2.75, 3.05) is 27.4 Å². The number of nitrogens with zero attached hydrogens (tertiary/aromatic N) is 1. The summed E-state index contributed by atoms with van der Waals surface area (Å²) < 4.78 is 17.1. The number of carbonyl (C=O) groups is 2. The maximum atomic E-state index is 12.7. The van der Waals surface area contributed by atoms with Gasteiger partial charge in [0.25, 0.3) is 5.91 Å². The fourth-order valence-corrected chi connectivity index (χ4v) is 4.52. The molecule has 1 amide bonds. The number of ether oxygens (including phenoxy) is 3. The number of benzene rings is 1. The SMILES string of the molecule is CCCCCOc1c(Br)cc(/C=C2\SC(=S)N(CCC(=O)OC)C2=O)cc1OC. The van der Waals surface area contributed by atoms with Gasteiger partial charge in [0.05, 0.1) is 36.6 Å². The minimum Gasteiger partial charge on any atom is -0.493 e. The molecule has 0 unspecified atom stereocenters. The van der Waals surface area contributed by atoms with Crippen LogP contribution in [0.2, 0.25) is 0 Å². The second kappa shape index (κ2) is 11.6. The molecule has 2 rings (SSSR count). The lowest BCUT2D eigenvalue weighted by atomic mass is 10.1. The molecule has 29 heavy (non-hydrogen) atoms. The summed E-state index contributed by atoms with van der Waals surface area (Å²) in [5.41, 5.74) is 0.781. The van der Waals surface area contributed by atoms with E-state index in [1.165, 1.54) is 23.8 Å². The van der Waals surface area contributed by atoms with Gasteiger partial charge in [-0.25, -0.2) is 0 Å². The molecule has 0 atom stereocenters. The van der Waals surface area contributed by atoms with Crippen molar-refractivity contribution in [1.82, 2.24) is 4.90 Å². The van der Waals surface area contributed by atoms with Gasteiger partial charge < -0.3 is 14.2 Å². The van der Waals surface area contributed by atoms with E-state index in [2.05, 4.69) is 27.6 Å². The first-order valence-electron chi connectivity index (χ1n) is 9.23. The van der Waals surface area contributed by atoms with E-state index >= 15 is 0 Å². The van der Waals surface area contributed by atoms with Gasteiger partial charge in [0, 0.05) is 6.54 Å². The Hall–Kier alpha value is -1.58. The van der Waals surface area contributed by atoms with Crippen LogP contribution in [0.25, 0.3) is 6.08 Å². The Labute approximate surface area is 189 Å². The molecule has 0 spiro atoms. The number of thioether (sulfide) groups is 1. The van der Waals surface area contributed by atoms with Crippen molar-refractivity contribution in [3.8, 4) is 11.5 Å². The molecule has 0 aromatic heterocycles. The van der Waals surface area contributed by atoms with E-state index in [-0.39, 0.29) is 24.8 Å². The summed E-state index contributed by atoms with van der Waals surface area (Å²) in [6, 6.07) is 3.69. The number of amides is 1. The van der Waals surface area contributed by atoms with Gasteiger partial charge >= 0.3 is 5.97 Å². The second-order valence-electron chi connectivity index (χ2n) is 6.25. The Bertz CT molecular complexity index is 812. The van der Waals surface area contributed by atoms with Crippen LogP contribution in [0, 0.1) is 0 Å². The van der Waals surface area contributed by atoms with Crippen molar-refractivity contribution in [3.05, 3.63) is 27.1 Å². The summed E-state index contributed by atoms with van der Waals surface area (Å²) in [6.07, 6.45) is 5.06. The average Bonchev–Trinajstić information content (AvgIpc) is 2.96. The summed E-state index contributed by atoms with van der Waals surface area (Å²) in [4.78, 5) is 25.9. The molecule has 1 saturated heterocycles. The lowest BCUT2D eigenvalue weighted by Crippen LogP contribution is -2.30. The van der Waals surface area contributed by atoms with Crippen molar-refractivity contribution in [2.45, 2.75) is 32.6 Å². The summed E-state index contributed by atoms with van der Waals surface area (Å²) in [6.45, 7) is 2.95. The highest BCUT2D eigenvalue weighted by Crippen LogP contribution is 2.39. The zero-order chi connectivity index (χ0) is 21.4. The number of hydrogen-bond donors (Lipinski definition) is 0. The van der Waals surface area contributed by atoms with Crippen LogP contribution in [0.5, 0.6) is 11.5 Å². The van der Waals surface area contributed by atoms with E-state index in [0.29, 0.717) is 27.3 Å². The van der Waals surface area contributed by atoms with Crippen LogP contribution in [-0.4, -0.2) is 48.5 Å². The fraction of sp³-hybridized carbons (Fsp3) is 0.450. The predicted octanol–water partition coefficient (Wildman–Crippen LogP) is 4.79. The normalized spacial score (nSPS) is 15.2. The molecule has 0 radical (unpaired) electrons. The van der Waals surface area contributed by atoms with E-state index in [9.17, 15) is 9.59 Å². The van der Waals surface area contributed by atoms with Crippen LogP contribution >= 0.6 is 39.9 Å². The standard InChI is InChI=1S/C20H24BrNO5S2/c1-4-5-6-9-27-18-14(21)10-13(11-15(18)25-2)12-16-19(24)22(20(28)29-16)8-7-17(23)26-3/h10-12H,4-9H2,1-3H3/b16-12-. The van der Waals surface area contributed by atoms with E-state index in [1.54, 1.807) is 13.2 Å². The summed E-state index contributed by atoms with van der Waals surface area (Å²) in [5.74, 6) is 0.625. The summed E-state index contributed by atoms with van der Waals surface area (Å²) in [7, 11) is 2.89. The maximum absolute atomic E-state index is 12.7. The van der Waals surface area contributed by atoms with Gasteiger partial charge in [0.2, 0.25) is 0 Å². The van der Waals surface area contributed by atoms with Crippen LogP contribution in [0.1, 0.15) is 38.2 Å². The van der Waals surface area contributed by atoms with Gasteiger partial charge in [0.15, 0.2) is 11.5 Å². The van der Waals surface area contributed by atoms with Gasteiger partial charge in [-0.05, 0) is 46.1 Å². The monoisotopic (exact) mass is 501 g/mol. The molecular weight excluding hydrogens is 478 g/mol. The van der Waals surface area contributed by atoms with E-state index in [4.69, 9.17) is 21.7 Å². The molecule has 1 aromatic rings. The number of rotatable bonds is 10. The summed E-state index contributed by atoms with van der Waals surface area (Å²) in [5, 5.41) is 0. The number of methoxy groups -OCH3 is 2. The Morgan fingerprint density at radius 2 is 2.07 bits per heavy atom. The molecule has 1 aliphatic heterocycles. The Balaban J connectivity index is 2.16. The van der Waals surface area contributed by atoms with Crippen molar-refractivity contribution < 1.29 is 23.8 Å². The van der Waals surface area contributed by atoms with Crippen LogP contribution < -0.4 is 9.47 Å². The van der Waals surface area contributed by atoms with Gasteiger partial charge in [-0.1, -0.05) is 43.7 Å². The molecule has 1 aliphatic rings. The number of carbonyl (C=O) groups excluding carboxylic acids is 2. The van der Waals surface area contributed by atoms with Crippen molar-refractivity contribution >= 4 is 62.2 Å². The van der Waals surface area contributed by atoms with Crippen molar-refractivity contribution in [1.29, 1.82) is 0 Å². The third-order valence-electron chi connectivity index (χ3n) is 4.18. The quantitative estimate of drug-likeness (QED) is 0.197. The van der Waals surface area contributed by atoms with Gasteiger partial charge in [-0.15, -0.1) is 0 Å². The first-order valence-corrected chi connectivity index (χ1v) is 11.3. The molecule has 0 bridgehead atoms. The van der Waals surface area contributed by atoms with Crippen LogP contribution in [-0.2, 0) is 14.3 Å². The van der Waals surface area contributed by atoms with Crippen LogP contribution in [0.4, 0.5) is 0 Å². The minimum atomic E-state index is -0.383. The molecule has 1 heterocycles. The third kappa shape index (κ3) is 6.45. The van der Waals surface area contributed by atoms with E-state index in [1.807, 2.05) is 12.1 Å². The number of hydrogen-bond acceptors (Lipinski definition) is 7. The van der Waals surface area contributed by atoms with Gasteiger partial charge in [-0.3, -0.25) is 14.5 Å². The molecule has 1 aromatic carbocycles. The summed E-state index contributed by atoms with van der Waals surface area (Å²) >= 11 is 10.0. The zero-order valence-electron chi connectivity index (χ0n) is 16.7. The molecule has 1 fully saturated rings. The van der Waals surface area contributed by atoms with Gasteiger partial charge in [-0.2, -0.15) is 0 Å². The highest BCUT2D eigenvalue weighted by molar-refractivity contribution is 9.10. The highest BCUT2D eigenvalue weighted by Gasteiger charge is 2.32. The highest BCUT2D eigenvalue weighted by atomic mass is 79.9. The largest absolute Gasteiger partial charge is 0.493 e. The lowest BCUT2D eigenvalue weighted by Gasteiger charge is -2.14. The molecule has 0 N–H and O–H groups in total. The molecule has 9 heteroatoms. The Morgan fingerprint density at radius 1 is 1.31 bits per heavy atom. The first-order chi connectivity index (χ1) is 13.9. The fourth-order valence-electron chi connectivity index (χ4n) is 2.64. The van der Waals surface area contributed by atoms with E-state index < -0.39 is 0 Å². The molecule has 0 aliphatic carbocycles. The predicted molar refractivity (Wildman–Crippen MR) is 122 cm³/mol. The topological polar surface area (TPSA) is 65.1 Å². The number of thiocarbonyl (C=S) groups is 1. The number of esters is 1. The van der Waals surface area contributed by atoms with Crippen molar-refractivity contribution in [3.63, 3.8) is 0 Å². The van der Waals surface area contributed by atoms with Crippen LogP contribution in [0.15, 0.2) is 21.5 Å². The Kier molecular flexibility index (Phi) is 9.45. The number of halogens is 1. The lowest BCUT2D eigenvalue weighted by molar-refractivity contribution is -0.140. The first kappa shape index (κ1) is 23.7. The molecular formula is C20H24BrNO5S2. The third-order valence-corrected chi connectivity index (χ3v) is 6.15. The molecule has 158 valence electrons. The molecule has 6 nitrogen and oxygen atoms in total. The zero-order valence-corrected chi connectivity index (χ0v) is 19.9. The smallest absolute Gasteiger partial charge is 0.307 e. The van der Waals surface area contributed by atoms with Gasteiger partial charge in [0.1, 0.15) is 4.32 Å². The minimum absolute atomic E-state index is 0.0969. The Morgan fingerprint density at radius 3 is 2.72 bits per heavy atom. The van der Waals surface area contributed by atoms with E-state index in [0.717, 1.165) is 29.3 Å². The van der Waals surface area contributed by atoms with Crippen LogP contribution in [0.3, 0.4) is 0 Å². The maximum Gasteiger partial charge on any atom is 0.307 e. The molecule has 0 saturated carbocycles. The average molecular weight is 502 g/mol. The second-order valence-corrected chi connectivity index (χ2v) is 8.78.